The Kier molecular flexibility index (Phi) is 6.55. The van der Waals surface area contributed by atoms with Gasteiger partial charge in [0, 0.05) is 36.9 Å². The second-order valence-corrected chi connectivity index (χ2v) is 8.03. The van der Waals surface area contributed by atoms with Crippen LogP contribution in [0.25, 0.3) is 0 Å². The summed E-state index contributed by atoms with van der Waals surface area (Å²) < 4.78 is 61.8. The maximum Gasteiger partial charge on any atom is 0.492 e. The van der Waals surface area contributed by atoms with Crippen LogP contribution in [0.2, 0.25) is 0 Å². The molecule has 0 aliphatic heterocycles. The van der Waals surface area contributed by atoms with Gasteiger partial charge in [0.1, 0.15) is 18.0 Å². The molecule has 1 aromatic carbocycles. The molecule has 32 heavy (non-hydrogen) atoms. The normalized spacial score (nSPS) is 11.8. The number of sulfonamides is 1. The number of rotatable bonds is 7. The molecule has 0 unspecified atom stereocenters. The van der Waals surface area contributed by atoms with Crippen LogP contribution in [0.1, 0.15) is 0 Å². The van der Waals surface area contributed by atoms with Crippen LogP contribution in [-0.2, 0) is 19.7 Å². The van der Waals surface area contributed by atoms with Crippen molar-refractivity contribution in [2.45, 2.75) is 11.1 Å². The van der Waals surface area contributed by atoms with Crippen LogP contribution in [0.15, 0.2) is 66.1 Å². The summed E-state index contributed by atoms with van der Waals surface area (Å²) >= 11 is 0. The predicted octanol–water partition coefficient (Wildman–Crippen LogP) is 3.00. The van der Waals surface area contributed by atoms with Gasteiger partial charge in [0.05, 0.1) is 4.90 Å². The van der Waals surface area contributed by atoms with Gasteiger partial charge < -0.3 is 15.5 Å². The summed E-state index contributed by atoms with van der Waals surface area (Å²) in [7, 11) is -3.88. The van der Waals surface area contributed by atoms with E-state index in [9.17, 15) is 26.4 Å². The van der Waals surface area contributed by atoms with Crippen LogP contribution in [0.3, 0.4) is 0 Å². The number of hydroxylamine groups is 1. The van der Waals surface area contributed by atoms with E-state index in [1.807, 2.05) is 0 Å². The van der Waals surface area contributed by atoms with E-state index in [0.717, 1.165) is 17.8 Å². The minimum Gasteiger partial charge on any atom is -0.345 e. The molecule has 0 atom stereocenters. The number of hydrogen-bond acceptors (Lipinski definition) is 9. The van der Waals surface area contributed by atoms with Crippen molar-refractivity contribution in [3.63, 3.8) is 0 Å². The molecule has 10 nitrogen and oxygen atoms in total. The smallest absolute Gasteiger partial charge is 0.345 e. The molecule has 168 valence electrons. The van der Waals surface area contributed by atoms with Gasteiger partial charge in [-0.15, -0.1) is 0 Å². The topological polar surface area (TPSA) is 126 Å². The zero-order valence-corrected chi connectivity index (χ0v) is 17.1. The molecule has 0 saturated heterocycles. The predicted molar refractivity (Wildman–Crippen MR) is 106 cm³/mol. The molecule has 0 radical (unpaired) electrons. The Hall–Kier alpha value is -3.78. The van der Waals surface area contributed by atoms with Crippen LogP contribution < -0.4 is 10.6 Å². The maximum absolute atomic E-state index is 12.5. The van der Waals surface area contributed by atoms with Crippen LogP contribution >= 0.6 is 0 Å². The molecule has 3 rings (SSSR count). The first kappa shape index (κ1) is 22.9. The molecule has 2 aromatic heterocycles. The molecule has 0 fully saturated rings. The fraction of sp³-hybridized carbons (Fsp3) is 0.111. The third-order valence-corrected chi connectivity index (χ3v) is 5.41. The van der Waals surface area contributed by atoms with Gasteiger partial charge in [-0.1, -0.05) is 6.07 Å². The summed E-state index contributed by atoms with van der Waals surface area (Å²) in [6, 6.07) is 10.2. The van der Waals surface area contributed by atoms with Gasteiger partial charge in [-0.25, -0.2) is 23.2 Å². The quantitative estimate of drug-likeness (QED) is 0.503. The van der Waals surface area contributed by atoms with E-state index in [1.54, 1.807) is 30.6 Å². The Morgan fingerprint density at radius 3 is 2.25 bits per heavy atom. The number of nitrogens with one attached hydrogen (secondary N) is 2. The zero-order chi connectivity index (χ0) is 23.4. The van der Waals surface area contributed by atoms with E-state index in [0.29, 0.717) is 18.7 Å². The number of carbonyl (C=O) groups is 1. The first-order valence-electron chi connectivity index (χ1n) is 8.70. The van der Waals surface area contributed by atoms with Crippen LogP contribution in [0.5, 0.6) is 0 Å². The van der Waals surface area contributed by atoms with Crippen molar-refractivity contribution in [2.24, 2.45) is 0 Å². The van der Waals surface area contributed by atoms with E-state index in [1.165, 1.54) is 18.5 Å². The van der Waals surface area contributed by atoms with E-state index in [4.69, 9.17) is 0 Å². The number of halogens is 3. The molecule has 14 heteroatoms. The van der Waals surface area contributed by atoms with Crippen molar-refractivity contribution in [1.29, 1.82) is 0 Å². The maximum atomic E-state index is 12.5. The van der Waals surface area contributed by atoms with E-state index in [-0.39, 0.29) is 10.2 Å². The SMILES string of the molecule is CN(OC(=O)C(F)(F)F)S(=O)(=O)c1cccc(Nc2cc(Nc3ccncc3)ncn2)c1. The monoisotopic (exact) mass is 468 g/mol. The lowest BCUT2D eigenvalue weighted by molar-refractivity contribution is -0.219. The number of anilines is 4. The Morgan fingerprint density at radius 1 is 1.00 bits per heavy atom. The Labute approximate surface area is 180 Å². The molecule has 0 aliphatic carbocycles. The fourth-order valence-electron chi connectivity index (χ4n) is 2.33. The van der Waals surface area contributed by atoms with E-state index >= 15 is 0 Å². The lowest BCUT2D eigenvalue weighted by atomic mass is 10.3. The van der Waals surface area contributed by atoms with Crippen molar-refractivity contribution < 1.29 is 31.2 Å². The van der Waals surface area contributed by atoms with E-state index in [2.05, 4.69) is 30.4 Å². The van der Waals surface area contributed by atoms with Crippen molar-refractivity contribution >= 4 is 39.0 Å². The number of pyridine rings is 1. The number of aromatic nitrogens is 3. The van der Waals surface area contributed by atoms with E-state index < -0.39 is 27.1 Å². The van der Waals surface area contributed by atoms with Crippen LogP contribution in [0, 0.1) is 0 Å². The summed E-state index contributed by atoms with van der Waals surface area (Å²) in [6.07, 6.45) is -0.881. The Morgan fingerprint density at radius 2 is 1.62 bits per heavy atom. The first-order chi connectivity index (χ1) is 15.1. The van der Waals surface area contributed by atoms with Crippen molar-refractivity contribution in [1.82, 2.24) is 19.4 Å². The van der Waals surface area contributed by atoms with Gasteiger partial charge in [-0.2, -0.15) is 13.2 Å². The highest BCUT2D eigenvalue weighted by molar-refractivity contribution is 7.89. The van der Waals surface area contributed by atoms with Crippen molar-refractivity contribution in [3.05, 3.63) is 61.2 Å². The largest absolute Gasteiger partial charge is 0.492 e. The average molecular weight is 468 g/mol. The third kappa shape index (κ3) is 5.67. The Balaban J connectivity index is 1.76. The lowest BCUT2D eigenvalue weighted by Gasteiger charge is -2.17. The minimum absolute atomic E-state index is 0.149. The van der Waals surface area contributed by atoms with Gasteiger partial charge in [-0.3, -0.25) is 4.98 Å². The highest BCUT2D eigenvalue weighted by Crippen LogP contribution is 2.24. The van der Waals surface area contributed by atoms with Crippen molar-refractivity contribution in [3.8, 4) is 0 Å². The molecular formula is C18H15F3N6O4S. The fourth-order valence-corrected chi connectivity index (χ4v) is 3.31. The summed E-state index contributed by atoms with van der Waals surface area (Å²) in [5, 5.41) is 5.91. The second-order valence-electron chi connectivity index (χ2n) is 6.09. The number of benzene rings is 1. The highest BCUT2D eigenvalue weighted by atomic mass is 32.2. The van der Waals surface area contributed by atoms with Crippen LogP contribution in [-0.4, -0.2) is 47.0 Å². The Bertz CT molecular complexity index is 1210. The number of carbonyl (C=O) groups excluding carboxylic acids is 1. The number of nitrogens with zero attached hydrogens (tertiary/aromatic N) is 4. The second kappa shape index (κ2) is 9.15. The van der Waals surface area contributed by atoms with Crippen molar-refractivity contribution in [2.75, 3.05) is 17.7 Å². The molecule has 0 saturated carbocycles. The van der Waals surface area contributed by atoms with Gasteiger partial charge in [0.2, 0.25) is 0 Å². The van der Waals surface area contributed by atoms with Gasteiger partial charge in [0.15, 0.2) is 0 Å². The van der Waals surface area contributed by atoms with Gasteiger partial charge in [0.25, 0.3) is 10.0 Å². The highest BCUT2D eigenvalue weighted by Gasteiger charge is 2.43. The zero-order valence-electron chi connectivity index (χ0n) is 16.2. The molecule has 0 amide bonds. The summed E-state index contributed by atoms with van der Waals surface area (Å²) in [5.74, 6) is -1.91. The van der Waals surface area contributed by atoms with Gasteiger partial charge >= 0.3 is 12.1 Å². The number of alkyl halides is 3. The van der Waals surface area contributed by atoms with Crippen LogP contribution in [0.4, 0.5) is 36.2 Å². The standard InChI is InChI=1S/C18H15F3N6O4S/c1-27(31-17(28)18(19,20)21)32(29,30)14-4-2-3-13(9-14)26-16-10-15(23-11-24-16)25-12-5-7-22-8-6-12/h2-11H,1H3,(H2,22,23,24,25,26). The molecule has 2 heterocycles. The molecule has 0 aliphatic rings. The summed E-state index contributed by atoms with van der Waals surface area (Å²) in [6.45, 7) is 0. The first-order valence-corrected chi connectivity index (χ1v) is 10.1. The summed E-state index contributed by atoms with van der Waals surface area (Å²) in [4.78, 5) is 26.4. The molecule has 0 spiro atoms. The van der Waals surface area contributed by atoms with Gasteiger partial charge in [-0.05, 0) is 34.8 Å². The minimum atomic E-state index is -5.35. The summed E-state index contributed by atoms with van der Waals surface area (Å²) in [5.41, 5.74) is 0.990. The molecule has 0 bridgehead atoms. The number of hydrogen-bond donors (Lipinski definition) is 2. The molecular weight excluding hydrogens is 453 g/mol. The third-order valence-electron chi connectivity index (χ3n) is 3.81. The molecule has 3 aromatic rings. The average Bonchev–Trinajstić information content (AvgIpc) is 2.74. The lowest BCUT2D eigenvalue weighted by Crippen LogP contribution is -2.36. The molecule has 2 N–H and O–H groups in total.